The van der Waals surface area contributed by atoms with E-state index in [-0.39, 0.29) is 18.0 Å². The van der Waals surface area contributed by atoms with E-state index < -0.39 is 6.04 Å². The number of hydrogen-bond acceptors (Lipinski definition) is 3. The molecule has 2 aliphatic rings. The SMILES string of the molecule is C=C(C)C(=O)N[C@@H](C)C(=O)OC1CCC2CCCCC2C1. The molecule has 0 spiro atoms. The van der Waals surface area contributed by atoms with Crippen LogP contribution in [0.2, 0.25) is 0 Å². The van der Waals surface area contributed by atoms with Crippen LogP contribution in [0.5, 0.6) is 0 Å². The van der Waals surface area contributed by atoms with Crippen LogP contribution in [0.4, 0.5) is 0 Å². The molecule has 4 atom stereocenters. The van der Waals surface area contributed by atoms with Crippen molar-refractivity contribution in [3.8, 4) is 0 Å². The zero-order chi connectivity index (χ0) is 15.4. The number of amides is 1. The lowest BCUT2D eigenvalue weighted by molar-refractivity contribution is -0.155. The highest BCUT2D eigenvalue weighted by atomic mass is 16.5. The average molecular weight is 293 g/mol. The van der Waals surface area contributed by atoms with Crippen molar-refractivity contribution in [2.45, 2.75) is 70.9 Å². The molecule has 0 aromatic heterocycles. The van der Waals surface area contributed by atoms with Gasteiger partial charge in [0.2, 0.25) is 5.91 Å². The third kappa shape index (κ3) is 4.32. The second kappa shape index (κ2) is 7.10. The molecule has 0 aromatic carbocycles. The third-order valence-electron chi connectivity index (χ3n) is 4.86. The summed E-state index contributed by atoms with van der Waals surface area (Å²) in [4.78, 5) is 23.6. The van der Waals surface area contributed by atoms with Gasteiger partial charge in [-0.05, 0) is 44.9 Å². The van der Waals surface area contributed by atoms with Crippen molar-refractivity contribution in [2.75, 3.05) is 0 Å². The fourth-order valence-electron chi connectivity index (χ4n) is 3.58. The van der Waals surface area contributed by atoms with E-state index in [0.717, 1.165) is 24.7 Å². The molecule has 2 fully saturated rings. The average Bonchev–Trinajstić information content (AvgIpc) is 2.46. The largest absolute Gasteiger partial charge is 0.461 e. The molecule has 0 aliphatic heterocycles. The number of carbonyl (C=O) groups is 2. The molecule has 4 heteroatoms. The van der Waals surface area contributed by atoms with Gasteiger partial charge >= 0.3 is 5.97 Å². The van der Waals surface area contributed by atoms with E-state index in [1.165, 1.54) is 32.1 Å². The number of nitrogens with one attached hydrogen (secondary N) is 1. The number of rotatable bonds is 4. The Morgan fingerprint density at radius 1 is 1.14 bits per heavy atom. The minimum absolute atomic E-state index is 0.0287. The summed E-state index contributed by atoms with van der Waals surface area (Å²) in [5.41, 5.74) is 0.400. The van der Waals surface area contributed by atoms with Gasteiger partial charge < -0.3 is 10.1 Å². The first kappa shape index (κ1) is 16.1. The Kier molecular flexibility index (Phi) is 5.43. The van der Waals surface area contributed by atoms with E-state index in [4.69, 9.17) is 4.74 Å². The van der Waals surface area contributed by atoms with Crippen LogP contribution in [-0.2, 0) is 14.3 Å². The third-order valence-corrected chi connectivity index (χ3v) is 4.86. The quantitative estimate of drug-likeness (QED) is 0.640. The molecule has 2 aliphatic carbocycles. The van der Waals surface area contributed by atoms with Crippen LogP contribution < -0.4 is 5.32 Å². The van der Waals surface area contributed by atoms with Crippen LogP contribution in [0.25, 0.3) is 0 Å². The zero-order valence-corrected chi connectivity index (χ0v) is 13.2. The molecule has 0 bridgehead atoms. The van der Waals surface area contributed by atoms with Gasteiger partial charge in [-0.1, -0.05) is 32.3 Å². The van der Waals surface area contributed by atoms with E-state index in [1.807, 2.05) is 0 Å². The zero-order valence-electron chi connectivity index (χ0n) is 13.2. The molecule has 0 aromatic rings. The Balaban J connectivity index is 1.79. The maximum Gasteiger partial charge on any atom is 0.328 e. The maximum atomic E-state index is 12.1. The maximum absolute atomic E-state index is 12.1. The van der Waals surface area contributed by atoms with Gasteiger partial charge in [-0.25, -0.2) is 4.79 Å². The van der Waals surface area contributed by atoms with E-state index >= 15 is 0 Å². The summed E-state index contributed by atoms with van der Waals surface area (Å²) >= 11 is 0. The number of hydrogen-bond donors (Lipinski definition) is 1. The van der Waals surface area contributed by atoms with Crippen molar-refractivity contribution >= 4 is 11.9 Å². The summed E-state index contributed by atoms with van der Waals surface area (Å²) in [5, 5.41) is 2.61. The Labute approximate surface area is 127 Å². The highest BCUT2D eigenvalue weighted by molar-refractivity contribution is 5.94. The summed E-state index contributed by atoms with van der Waals surface area (Å²) in [6.07, 6.45) is 8.46. The molecule has 0 heterocycles. The first-order chi connectivity index (χ1) is 9.97. The standard InChI is InChI=1S/C17H27NO3/c1-11(2)16(19)18-12(3)17(20)21-15-9-8-13-6-4-5-7-14(13)10-15/h12-15H,1,4-10H2,2-3H3,(H,18,19)/t12-,13?,14?,15?/m0/s1. The summed E-state index contributed by atoms with van der Waals surface area (Å²) < 4.78 is 5.60. The Hall–Kier alpha value is -1.32. The normalized spacial score (nSPS) is 29.9. The second-order valence-corrected chi connectivity index (χ2v) is 6.65. The lowest BCUT2D eigenvalue weighted by Gasteiger charge is -2.39. The Morgan fingerprint density at radius 2 is 1.81 bits per heavy atom. The molecule has 3 unspecified atom stereocenters. The molecular formula is C17H27NO3. The summed E-state index contributed by atoms with van der Waals surface area (Å²) in [6, 6.07) is -0.613. The molecule has 4 nitrogen and oxygen atoms in total. The predicted molar refractivity (Wildman–Crippen MR) is 81.6 cm³/mol. The first-order valence-corrected chi connectivity index (χ1v) is 8.14. The van der Waals surface area contributed by atoms with Crippen molar-refractivity contribution in [2.24, 2.45) is 11.8 Å². The van der Waals surface area contributed by atoms with E-state index in [9.17, 15) is 9.59 Å². The van der Waals surface area contributed by atoms with Gasteiger partial charge in [0.05, 0.1) is 0 Å². The van der Waals surface area contributed by atoms with Crippen molar-refractivity contribution in [3.63, 3.8) is 0 Å². The van der Waals surface area contributed by atoms with Crippen molar-refractivity contribution in [3.05, 3.63) is 12.2 Å². The molecule has 118 valence electrons. The lowest BCUT2D eigenvalue weighted by atomic mass is 9.70. The Bertz CT molecular complexity index is 418. The summed E-state index contributed by atoms with van der Waals surface area (Å²) in [5.74, 6) is 0.944. The van der Waals surface area contributed by atoms with Crippen LogP contribution in [0.1, 0.15) is 58.8 Å². The molecule has 2 rings (SSSR count). The molecule has 21 heavy (non-hydrogen) atoms. The smallest absolute Gasteiger partial charge is 0.328 e. The fourth-order valence-corrected chi connectivity index (χ4v) is 3.58. The lowest BCUT2D eigenvalue weighted by Crippen LogP contribution is -2.42. The number of ether oxygens (including phenoxy) is 1. The van der Waals surface area contributed by atoms with Gasteiger partial charge in [0.1, 0.15) is 12.1 Å². The van der Waals surface area contributed by atoms with Gasteiger partial charge in [-0.15, -0.1) is 0 Å². The molecule has 0 saturated heterocycles. The summed E-state index contributed by atoms with van der Waals surface area (Å²) in [7, 11) is 0. The second-order valence-electron chi connectivity index (χ2n) is 6.65. The minimum atomic E-state index is -0.613. The first-order valence-electron chi connectivity index (χ1n) is 8.14. The van der Waals surface area contributed by atoms with Gasteiger partial charge in [0.15, 0.2) is 0 Å². The van der Waals surface area contributed by atoms with E-state index in [0.29, 0.717) is 5.57 Å². The van der Waals surface area contributed by atoms with Crippen molar-refractivity contribution in [1.82, 2.24) is 5.32 Å². The summed E-state index contributed by atoms with van der Waals surface area (Å²) in [6.45, 7) is 6.85. The van der Waals surface area contributed by atoms with Crippen molar-refractivity contribution in [1.29, 1.82) is 0 Å². The predicted octanol–water partition coefficient (Wildman–Crippen LogP) is 2.97. The minimum Gasteiger partial charge on any atom is -0.461 e. The van der Waals surface area contributed by atoms with Crippen molar-refractivity contribution < 1.29 is 14.3 Å². The van der Waals surface area contributed by atoms with Gasteiger partial charge in [-0.3, -0.25) is 4.79 Å². The van der Waals surface area contributed by atoms with Crippen LogP contribution in [0.3, 0.4) is 0 Å². The molecule has 1 N–H and O–H groups in total. The van der Waals surface area contributed by atoms with Gasteiger partial charge in [0.25, 0.3) is 0 Å². The number of fused-ring (bicyclic) bond motifs is 1. The van der Waals surface area contributed by atoms with Crippen LogP contribution >= 0.6 is 0 Å². The van der Waals surface area contributed by atoms with Crippen LogP contribution in [0, 0.1) is 11.8 Å². The number of esters is 1. The Morgan fingerprint density at radius 3 is 2.48 bits per heavy atom. The molecular weight excluding hydrogens is 266 g/mol. The van der Waals surface area contributed by atoms with Crippen LogP contribution in [-0.4, -0.2) is 24.0 Å². The van der Waals surface area contributed by atoms with E-state index in [2.05, 4.69) is 11.9 Å². The topological polar surface area (TPSA) is 55.4 Å². The highest BCUT2D eigenvalue weighted by Crippen LogP contribution is 2.41. The monoisotopic (exact) mass is 293 g/mol. The number of carbonyl (C=O) groups excluding carboxylic acids is 2. The van der Waals surface area contributed by atoms with E-state index in [1.54, 1.807) is 13.8 Å². The van der Waals surface area contributed by atoms with Gasteiger partial charge in [-0.2, -0.15) is 0 Å². The molecule has 1 amide bonds. The molecule has 2 saturated carbocycles. The van der Waals surface area contributed by atoms with Crippen LogP contribution in [0.15, 0.2) is 12.2 Å². The van der Waals surface area contributed by atoms with Gasteiger partial charge in [0, 0.05) is 5.57 Å². The molecule has 0 radical (unpaired) electrons. The highest BCUT2D eigenvalue weighted by Gasteiger charge is 2.34. The fraction of sp³-hybridized carbons (Fsp3) is 0.765.